The molecule has 0 aliphatic rings. The number of hydrogen-bond acceptors (Lipinski definition) is 2. The zero-order chi connectivity index (χ0) is 13.5. The molecule has 0 radical (unpaired) electrons. The second-order valence-corrected chi connectivity index (χ2v) is 4.22. The van der Waals surface area contributed by atoms with Crippen LogP contribution in [0.3, 0.4) is 0 Å². The van der Waals surface area contributed by atoms with Crippen molar-refractivity contribution < 1.29 is 14.7 Å². The molecule has 4 heteroatoms. The molecular weight excluding hydrogens is 230 g/mol. The first-order valence-electron chi connectivity index (χ1n) is 6.13. The van der Waals surface area contributed by atoms with Gasteiger partial charge < -0.3 is 10.0 Å². The van der Waals surface area contributed by atoms with Crippen molar-refractivity contribution in [2.24, 2.45) is 0 Å². The standard InChI is InChI=1S/C14H19NO3/c1-3-15(12-9-7-11(2)8-10-12)13(16)5-4-6-14(17)18/h7-10H,3-6H2,1-2H3,(H,17,18). The van der Waals surface area contributed by atoms with E-state index in [1.54, 1.807) is 4.90 Å². The van der Waals surface area contributed by atoms with Gasteiger partial charge in [-0.25, -0.2) is 0 Å². The van der Waals surface area contributed by atoms with Crippen LogP contribution in [0.25, 0.3) is 0 Å². The van der Waals surface area contributed by atoms with Crippen molar-refractivity contribution in [2.45, 2.75) is 33.1 Å². The molecule has 98 valence electrons. The SMILES string of the molecule is CCN(C(=O)CCCC(=O)O)c1ccc(C)cc1. The molecule has 1 N–H and O–H groups in total. The summed E-state index contributed by atoms with van der Waals surface area (Å²) in [6, 6.07) is 7.74. The number of carbonyl (C=O) groups excluding carboxylic acids is 1. The van der Waals surface area contributed by atoms with Crippen molar-refractivity contribution in [2.75, 3.05) is 11.4 Å². The zero-order valence-corrected chi connectivity index (χ0v) is 10.8. The second kappa shape index (κ2) is 6.79. The Morgan fingerprint density at radius 2 is 1.78 bits per heavy atom. The summed E-state index contributed by atoms with van der Waals surface area (Å²) in [5.74, 6) is -0.885. The molecule has 0 saturated carbocycles. The Bertz CT molecular complexity index is 412. The predicted molar refractivity (Wildman–Crippen MR) is 70.7 cm³/mol. The molecule has 0 saturated heterocycles. The Kier molecular flexibility index (Phi) is 5.36. The lowest BCUT2D eigenvalue weighted by Crippen LogP contribution is -2.30. The van der Waals surface area contributed by atoms with Gasteiger partial charge >= 0.3 is 5.97 Å². The molecule has 1 rings (SSSR count). The number of nitrogens with zero attached hydrogens (tertiary/aromatic N) is 1. The maximum atomic E-state index is 12.0. The van der Waals surface area contributed by atoms with Gasteiger partial charge in [0.25, 0.3) is 0 Å². The number of carboxylic acid groups (broad SMARTS) is 1. The number of anilines is 1. The Hall–Kier alpha value is -1.84. The van der Waals surface area contributed by atoms with Crippen molar-refractivity contribution in [3.63, 3.8) is 0 Å². The number of aryl methyl sites for hydroxylation is 1. The first kappa shape index (κ1) is 14.2. The molecule has 0 heterocycles. The molecular formula is C14H19NO3. The van der Waals surface area contributed by atoms with E-state index < -0.39 is 5.97 Å². The van der Waals surface area contributed by atoms with Gasteiger partial charge in [0.05, 0.1) is 0 Å². The third kappa shape index (κ3) is 4.20. The van der Waals surface area contributed by atoms with Crippen LogP contribution in [0.1, 0.15) is 31.7 Å². The lowest BCUT2D eigenvalue weighted by Gasteiger charge is -2.21. The van der Waals surface area contributed by atoms with Crippen LogP contribution < -0.4 is 4.90 Å². The van der Waals surface area contributed by atoms with Gasteiger partial charge in [-0.3, -0.25) is 9.59 Å². The van der Waals surface area contributed by atoms with E-state index in [-0.39, 0.29) is 18.7 Å². The van der Waals surface area contributed by atoms with Crippen molar-refractivity contribution in [3.05, 3.63) is 29.8 Å². The number of amides is 1. The van der Waals surface area contributed by atoms with E-state index in [9.17, 15) is 9.59 Å². The molecule has 0 aromatic heterocycles. The second-order valence-electron chi connectivity index (χ2n) is 4.22. The maximum absolute atomic E-state index is 12.0. The van der Waals surface area contributed by atoms with Crippen molar-refractivity contribution in [1.29, 1.82) is 0 Å². The summed E-state index contributed by atoms with van der Waals surface area (Å²) in [6.07, 6.45) is 0.696. The molecule has 0 unspecified atom stereocenters. The third-order valence-electron chi connectivity index (χ3n) is 2.74. The van der Waals surface area contributed by atoms with Crippen LogP contribution in [0.15, 0.2) is 24.3 Å². The molecule has 0 atom stereocenters. The van der Waals surface area contributed by atoms with Gasteiger partial charge in [0.15, 0.2) is 0 Å². The lowest BCUT2D eigenvalue weighted by molar-refractivity contribution is -0.137. The third-order valence-corrected chi connectivity index (χ3v) is 2.74. The highest BCUT2D eigenvalue weighted by Crippen LogP contribution is 2.16. The fraction of sp³-hybridized carbons (Fsp3) is 0.429. The largest absolute Gasteiger partial charge is 0.481 e. The van der Waals surface area contributed by atoms with Gasteiger partial charge in [-0.15, -0.1) is 0 Å². The Morgan fingerprint density at radius 3 is 2.28 bits per heavy atom. The molecule has 0 bridgehead atoms. The molecule has 0 aliphatic carbocycles. The highest BCUT2D eigenvalue weighted by Gasteiger charge is 2.13. The summed E-state index contributed by atoms with van der Waals surface area (Å²) in [7, 11) is 0. The summed E-state index contributed by atoms with van der Waals surface area (Å²) in [4.78, 5) is 24.1. The quantitative estimate of drug-likeness (QED) is 0.843. The minimum Gasteiger partial charge on any atom is -0.481 e. The monoisotopic (exact) mass is 249 g/mol. The van der Waals surface area contributed by atoms with Crippen molar-refractivity contribution in [3.8, 4) is 0 Å². The first-order valence-corrected chi connectivity index (χ1v) is 6.13. The molecule has 18 heavy (non-hydrogen) atoms. The maximum Gasteiger partial charge on any atom is 0.303 e. The van der Waals surface area contributed by atoms with Gasteiger partial charge in [0.1, 0.15) is 0 Å². The summed E-state index contributed by atoms with van der Waals surface area (Å²) < 4.78 is 0. The molecule has 0 aliphatic heterocycles. The van der Waals surface area contributed by atoms with Gasteiger partial charge in [0, 0.05) is 25.1 Å². The summed E-state index contributed by atoms with van der Waals surface area (Å²) >= 11 is 0. The van der Waals surface area contributed by atoms with Crippen LogP contribution in [0.5, 0.6) is 0 Å². The van der Waals surface area contributed by atoms with E-state index >= 15 is 0 Å². The van der Waals surface area contributed by atoms with E-state index in [4.69, 9.17) is 5.11 Å². The summed E-state index contributed by atoms with van der Waals surface area (Å²) in [5.41, 5.74) is 2.01. The Balaban J connectivity index is 2.62. The van der Waals surface area contributed by atoms with Gasteiger partial charge in [-0.05, 0) is 32.4 Å². The number of benzene rings is 1. The van der Waals surface area contributed by atoms with E-state index in [0.29, 0.717) is 13.0 Å². The minimum absolute atomic E-state index is 0.0254. The van der Waals surface area contributed by atoms with Gasteiger partial charge in [-0.1, -0.05) is 17.7 Å². The number of aliphatic carboxylic acids is 1. The summed E-state index contributed by atoms with van der Waals surface area (Å²) in [6.45, 7) is 4.50. The topological polar surface area (TPSA) is 57.6 Å². The van der Waals surface area contributed by atoms with Crippen molar-refractivity contribution in [1.82, 2.24) is 0 Å². The number of carbonyl (C=O) groups is 2. The molecule has 0 fully saturated rings. The number of rotatable bonds is 6. The van der Waals surface area contributed by atoms with Crippen LogP contribution in [0, 0.1) is 6.92 Å². The van der Waals surface area contributed by atoms with E-state index in [0.717, 1.165) is 11.3 Å². The number of hydrogen-bond donors (Lipinski definition) is 1. The van der Waals surface area contributed by atoms with Crippen LogP contribution in [-0.4, -0.2) is 23.5 Å². The smallest absolute Gasteiger partial charge is 0.303 e. The van der Waals surface area contributed by atoms with Gasteiger partial charge in [0.2, 0.25) is 5.91 Å². The van der Waals surface area contributed by atoms with Crippen LogP contribution in [-0.2, 0) is 9.59 Å². The normalized spacial score (nSPS) is 10.1. The highest BCUT2D eigenvalue weighted by atomic mass is 16.4. The average Bonchev–Trinajstić information content (AvgIpc) is 2.32. The fourth-order valence-corrected chi connectivity index (χ4v) is 1.75. The lowest BCUT2D eigenvalue weighted by atomic mass is 10.2. The molecule has 1 amide bonds. The number of carboxylic acids is 1. The molecule has 1 aromatic rings. The molecule has 0 spiro atoms. The van der Waals surface area contributed by atoms with Gasteiger partial charge in [-0.2, -0.15) is 0 Å². The predicted octanol–water partition coefficient (Wildman–Crippen LogP) is 2.60. The molecule has 4 nitrogen and oxygen atoms in total. The zero-order valence-electron chi connectivity index (χ0n) is 10.8. The van der Waals surface area contributed by atoms with Crippen LogP contribution in [0.4, 0.5) is 5.69 Å². The van der Waals surface area contributed by atoms with E-state index in [2.05, 4.69) is 0 Å². The van der Waals surface area contributed by atoms with E-state index in [1.807, 2.05) is 38.1 Å². The molecule has 1 aromatic carbocycles. The Morgan fingerprint density at radius 1 is 1.17 bits per heavy atom. The first-order chi connectivity index (χ1) is 8.54. The van der Waals surface area contributed by atoms with Crippen molar-refractivity contribution >= 4 is 17.6 Å². The minimum atomic E-state index is -0.860. The fourth-order valence-electron chi connectivity index (χ4n) is 1.75. The average molecular weight is 249 g/mol. The highest BCUT2D eigenvalue weighted by molar-refractivity contribution is 5.93. The Labute approximate surface area is 107 Å². The van der Waals surface area contributed by atoms with E-state index in [1.165, 1.54) is 0 Å². The summed E-state index contributed by atoms with van der Waals surface area (Å²) in [5, 5.41) is 8.54. The van der Waals surface area contributed by atoms with Crippen LogP contribution >= 0.6 is 0 Å². The van der Waals surface area contributed by atoms with Crippen LogP contribution in [0.2, 0.25) is 0 Å².